The summed E-state index contributed by atoms with van der Waals surface area (Å²) in [5, 5.41) is 18.2. The van der Waals surface area contributed by atoms with E-state index in [1.54, 1.807) is 11.0 Å². The number of imidazole rings is 1. The zero-order valence-electron chi connectivity index (χ0n) is 22.7. The summed E-state index contributed by atoms with van der Waals surface area (Å²) in [4.78, 5) is 17.5. The van der Waals surface area contributed by atoms with Crippen molar-refractivity contribution in [3.8, 4) is 11.8 Å². The molecule has 42 heavy (non-hydrogen) atoms. The first-order valence-corrected chi connectivity index (χ1v) is 13.2. The van der Waals surface area contributed by atoms with Crippen LogP contribution >= 0.6 is 0 Å². The maximum Gasteiger partial charge on any atom is 0.573 e. The third-order valence-electron chi connectivity index (χ3n) is 6.78. The Morgan fingerprint density at radius 1 is 1.05 bits per heavy atom. The molecule has 0 saturated carbocycles. The molecule has 0 saturated heterocycles. The number of carbonyl (C=O) groups is 1. The predicted octanol–water partition coefficient (Wildman–Crippen LogP) is 4.90. The van der Waals surface area contributed by atoms with Gasteiger partial charge >= 0.3 is 12.3 Å². The van der Waals surface area contributed by atoms with Crippen molar-refractivity contribution in [2.24, 2.45) is 5.73 Å². The number of halogens is 3. The number of nitriles is 1. The second kappa shape index (κ2) is 13.8. The van der Waals surface area contributed by atoms with Gasteiger partial charge in [0.25, 0.3) is 0 Å². The lowest BCUT2D eigenvalue weighted by molar-refractivity contribution is -0.274. The van der Waals surface area contributed by atoms with E-state index in [1.807, 2.05) is 61.1 Å². The van der Waals surface area contributed by atoms with Gasteiger partial charge in [-0.15, -0.1) is 13.2 Å². The maximum atomic E-state index is 12.4. The molecule has 0 spiro atoms. The van der Waals surface area contributed by atoms with E-state index in [2.05, 4.69) is 20.4 Å². The van der Waals surface area contributed by atoms with Crippen LogP contribution in [0.4, 0.5) is 13.2 Å². The highest BCUT2D eigenvalue weighted by molar-refractivity contribution is 5.74. The van der Waals surface area contributed by atoms with Gasteiger partial charge in [0, 0.05) is 37.9 Å². The molecule has 0 fully saturated rings. The van der Waals surface area contributed by atoms with Crippen molar-refractivity contribution in [3.05, 3.63) is 119 Å². The van der Waals surface area contributed by atoms with Gasteiger partial charge < -0.3 is 20.1 Å². The number of carboxylic acids is 1. The minimum absolute atomic E-state index is 0.223. The second-order valence-corrected chi connectivity index (χ2v) is 9.79. The molecule has 8 nitrogen and oxygen atoms in total. The number of carboxylic acid groups (broad SMARTS) is 1. The van der Waals surface area contributed by atoms with Crippen molar-refractivity contribution in [2.75, 3.05) is 6.54 Å². The molecule has 0 aliphatic carbocycles. The second-order valence-electron chi connectivity index (χ2n) is 9.79. The minimum Gasteiger partial charge on any atom is -0.480 e. The topological polar surface area (TPSA) is 117 Å². The Morgan fingerprint density at radius 3 is 2.45 bits per heavy atom. The summed E-state index contributed by atoms with van der Waals surface area (Å²) >= 11 is 0. The summed E-state index contributed by atoms with van der Waals surface area (Å²) in [5.74, 6) is -1.26. The lowest BCUT2D eigenvalue weighted by Crippen LogP contribution is -2.45. The van der Waals surface area contributed by atoms with E-state index in [0.29, 0.717) is 30.6 Å². The van der Waals surface area contributed by atoms with Crippen LogP contribution in [0.2, 0.25) is 0 Å². The summed E-state index contributed by atoms with van der Waals surface area (Å²) in [6.45, 7) is 2.04. The molecule has 0 bridgehead atoms. The van der Waals surface area contributed by atoms with Crippen molar-refractivity contribution in [3.63, 3.8) is 0 Å². The molecule has 1 atom stereocenters. The Labute approximate surface area is 241 Å². The van der Waals surface area contributed by atoms with Crippen LogP contribution in [0, 0.1) is 11.3 Å². The van der Waals surface area contributed by atoms with Crippen LogP contribution in [-0.4, -0.2) is 44.5 Å². The molecule has 3 aromatic carbocycles. The Morgan fingerprint density at radius 2 is 1.79 bits per heavy atom. The molecule has 1 aromatic heterocycles. The standard InChI is InChI=1S/C18H16F3NO3.C13H14N4/c19-18(20,21)25-15-7-3-4-12(8-15)10-22-11-14-6-2-1-5-13(14)9-16(22)17(23)24;14-6-5-13-8-16-10-17(13)9-12-3-1-11(7-15)2-4-12/h1-8,16H,9-11H2,(H,23,24);1-4,8,10H,5-6,9,14H2/t16-;/m1./s1. The molecule has 3 N–H and O–H groups in total. The predicted molar refractivity (Wildman–Crippen MR) is 149 cm³/mol. The van der Waals surface area contributed by atoms with Gasteiger partial charge in [-0.05, 0) is 59.5 Å². The number of ether oxygens (including phenoxy) is 1. The molecule has 0 radical (unpaired) electrons. The Balaban J connectivity index is 0.000000208. The van der Waals surface area contributed by atoms with Crippen LogP contribution < -0.4 is 10.5 Å². The molecule has 4 aromatic rings. The minimum atomic E-state index is -4.76. The van der Waals surface area contributed by atoms with E-state index in [1.165, 1.54) is 18.2 Å². The highest BCUT2D eigenvalue weighted by atomic mass is 19.4. The fourth-order valence-corrected chi connectivity index (χ4v) is 4.79. The van der Waals surface area contributed by atoms with Crippen molar-refractivity contribution in [1.82, 2.24) is 14.5 Å². The molecule has 5 rings (SSSR count). The number of fused-ring (bicyclic) bond motifs is 1. The highest BCUT2D eigenvalue weighted by Gasteiger charge is 2.33. The average molecular weight is 578 g/mol. The number of aliphatic carboxylic acids is 1. The zero-order valence-corrected chi connectivity index (χ0v) is 22.7. The van der Waals surface area contributed by atoms with Gasteiger partial charge in [-0.3, -0.25) is 9.69 Å². The number of hydrogen-bond donors (Lipinski definition) is 2. The average Bonchev–Trinajstić information content (AvgIpc) is 3.39. The number of benzene rings is 3. The van der Waals surface area contributed by atoms with E-state index >= 15 is 0 Å². The summed E-state index contributed by atoms with van der Waals surface area (Å²) in [5.41, 5.74) is 11.1. The SMILES string of the molecule is N#Cc1ccc(Cn2cncc2CCN)cc1.O=C(O)[C@H]1Cc2ccccc2CN1Cc1cccc(OC(F)(F)F)c1. The van der Waals surface area contributed by atoms with Crippen LogP contribution in [0.15, 0.2) is 85.3 Å². The number of aromatic nitrogens is 2. The Bertz CT molecular complexity index is 1530. The first-order valence-electron chi connectivity index (χ1n) is 13.2. The molecule has 0 unspecified atom stereocenters. The van der Waals surface area contributed by atoms with Gasteiger partial charge in [0.05, 0.1) is 18.0 Å². The van der Waals surface area contributed by atoms with Crippen LogP contribution in [0.25, 0.3) is 0 Å². The molecule has 218 valence electrons. The van der Waals surface area contributed by atoms with Gasteiger partial charge in [0.15, 0.2) is 0 Å². The third-order valence-corrected chi connectivity index (χ3v) is 6.78. The van der Waals surface area contributed by atoms with Crippen molar-refractivity contribution in [2.45, 2.75) is 44.9 Å². The molecule has 1 aliphatic heterocycles. The largest absolute Gasteiger partial charge is 0.573 e. The number of rotatable bonds is 8. The molecule has 0 amide bonds. The van der Waals surface area contributed by atoms with Crippen LogP contribution in [0.3, 0.4) is 0 Å². The quantitative estimate of drug-likeness (QED) is 0.306. The summed E-state index contributed by atoms with van der Waals surface area (Å²) < 4.78 is 43.1. The van der Waals surface area contributed by atoms with Gasteiger partial charge in [0.2, 0.25) is 0 Å². The Hall–Kier alpha value is -4.66. The normalized spacial score (nSPS) is 14.7. The molecule has 2 heterocycles. The lowest BCUT2D eigenvalue weighted by Gasteiger charge is -2.34. The molecule has 1 aliphatic rings. The monoisotopic (exact) mass is 577 g/mol. The van der Waals surface area contributed by atoms with Crippen molar-refractivity contribution in [1.29, 1.82) is 5.26 Å². The van der Waals surface area contributed by atoms with Gasteiger partial charge in [-0.2, -0.15) is 5.26 Å². The van der Waals surface area contributed by atoms with E-state index in [9.17, 15) is 23.1 Å². The fraction of sp³-hybridized carbons (Fsp3) is 0.258. The lowest BCUT2D eigenvalue weighted by atomic mass is 9.93. The highest BCUT2D eigenvalue weighted by Crippen LogP contribution is 2.27. The summed E-state index contributed by atoms with van der Waals surface area (Å²) in [7, 11) is 0. The van der Waals surface area contributed by atoms with E-state index in [-0.39, 0.29) is 12.3 Å². The fourth-order valence-electron chi connectivity index (χ4n) is 4.79. The van der Waals surface area contributed by atoms with E-state index in [4.69, 9.17) is 11.0 Å². The van der Waals surface area contributed by atoms with Gasteiger partial charge in [0.1, 0.15) is 11.8 Å². The Kier molecular flexibility index (Phi) is 9.96. The number of nitrogens with two attached hydrogens (primary N) is 1. The number of hydrogen-bond acceptors (Lipinski definition) is 6. The molecular weight excluding hydrogens is 547 g/mol. The maximum absolute atomic E-state index is 12.4. The van der Waals surface area contributed by atoms with Crippen LogP contribution in [-0.2, 0) is 37.3 Å². The molecular formula is C31H30F3N5O3. The van der Waals surface area contributed by atoms with E-state index in [0.717, 1.165) is 35.3 Å². The first-order chi connectivity index (χ1) is 20.1. The van der Waals surface area contributed by atoms with Crippen LogP contribution in [0.1, 0.15) is 33.5 Å². The third kappa shape index (κ3) is 8.42. The number of nitrogens with zero attached hydrogens (tertiary/aromatic N) is 4. The van der Waals surface area contributed by atoms with Crippen LogP contribution in [0.5, 0.6) is 5.75 Å². The summed E-state index contributed by atoms with van der Waals surface area (Å²) in [6, 6.07) is 22.2. The summed E-state index contributed by atoms with van der Waals surface area (Å²) in [6.07, 6.45) is 0.0898. The van der Waals surface area contributed by atoms with Gasteiger partial charge in [-0.1, -0.05) is 48.5 Å². The van der Waals surface area contributed by atoms with Crippen molar-refractivity contribution < 1.29 is 27.8 Å². The van der Waals surface area contributed by atoms with E-state index < -0.39 is 18.4 Å². The number of alkyl halides is 3. The smallest absolute Gasteiger partial charge is 0.480 e. The van der Waals surface area contributed by atoms with Crippen molar-refractivity contribution >= 4 is 5.97 Å². The molecule has 11 heteroatoms. The van der Waals surface area contributed by atoms with Gasteiger partial charge in [-0.25, -0.2) is 4.98 Å². The first kappa shape index (κ1) is 30.3. The zero-order chi connectivity index (χ0) is 30.1.